The van der Waals surface area contributed by atoms with Gasteiger partial charge in [-0.15, -0.1) is 0 Å². The maximum atomic E-state index is 4.04. The van der Waals surface area contributed by atoms with Crippen LogP contribution >= 0.6 is 0 Å². The van der Waals surface area contributed by atoms with Gasteiger partial charge in [0, 0.05) is 6.54 Å². The number of likely N-dealkylation sites (N-methyl/N-ethyl adjacent to an activating group) is 1. The minimum Gasteiger partial charge on any atom is -0.316 e. The molecule has 0 bridgehead atoms. The van der Waals surface area contributed by atoms with Crippen LogP contribution in [-0.2, 0) is 0 Å². The largest absolute Gasteiger partial charge is 0.316 e. The van der Waals surface area contributed by atoms with Crippen molar-refractivity contribution in [3.8, 4) is 0 Å². The normalized spacial score (nSPS) is 11.1. The summed E-state index contributed by atoms with van der Waals surface area (Å²) < 4.78 is 0. The molecule has 0 aromatic heterocycles. The van der Waals surface area contributed by atoms with E-state index in [-0.39, 0.29) is 0 Å². The second-order valence-corrected chi connectivity index (χ2v) is 3.34. The number of hydrogen-bond donors (Lipinski definition) is 1. The van der Waals surface area contributed by atoms with E-state index in [0.717, 1.165) is 23.3 Å². The van der Waals surface area contributed by atoms with Crippen LogP contribution in [0.5, 0.6) is 0 Å². The van der Waals surface area contributed by atoms with E-state index in [2.05, 4.69) is 36.7 Å². The first-order valence-corrected chi connectivity index (χ1v) is 5.00. The summed E-state index contributed by atoms with van der Waals surface area (Å²) in [5, 5.41) is 3.09. The lowest BCUT2D eigenvalue weighted by atomic mass is 10.0. The Morgan fingerprint density at radius 2 is 2.00 bits per heavy atom. The minimum atomic E-state index is 0.815. The van der Waals surface area contributed by atoms with Gasteiger partial charge in [-0.25, -0.2) is 0 Å². The maximum absolute atomic E-state index is 4.04. The third-order valence-electron chi connectivity index (χ3n) is 2.15. The molecular weight excluding hydrogens is 182 g/mol. The van der Waals surface area contributed by atoms with E-state index in [1.807, 2.05) is 31.3 Å². The zero-order valence-electron chi connectivity index (χ0n) is 9.16. The molecule has 0 saturated heterocycles. The van der Waals surface area contributed by atoms with Crippen molar-refractivity contribution in [3.05, 3.63) is 66.8 Å². The quantitative estimate of drug-likeness (QED) is 0.719. The number of benzene rings is 1. The second-order valence-electron chi connectivity index (χ2n) is 3.34. The lowest BCUT2D eigenvalue weighted by Gasteiger charge is -2.04. The van der Waals surface area contributed by atoms with E-state index in [4.69, 9.17) is 0 Å². The van der Waals surface area contributed by atoms with Crippen LogP contribution in [0, 0.1) is 0 Å². The molecule has 1 heteroatoms. The van der Waals surface area contributed by atoms with Gasteiger partial charge in [0.05, 0.1) is 0 Å². The van der Waals surface area contributed by atoms with Crippen LogP contribution in [0.1, 0.15) is 5.56 Å². The zero-order valence-corrected chi connectivity index (χ0v) is 9.16. The van der Waals surface area contributed by atoms with Crippen molar-refractivity contribution >= 4 is 5.57 Å². The second kappa shape index (κ2) is 5.99. The van der Waals surface area contributed by atoms with Crippen LogP contribution in [0.25, 0.3) is 5.57 Å². The van der Waals surface area contributed by atoms with Crippen molar-refractivity contribution in [2.45, 2.75) is 0 Å². The first kappa shape index (κ1) is 11.5. The summed E-state index contributed by atoms with van der Waals surface area (Å²) in [6.07, 6.45) is 3.91. The molecule has 0 fully saturated rings. The third-order valence-corrected chi connectivity index (χ3v) is 2.15. The Labute approximate surface area is 91.8 Å². The van der Waals surface area contributed by atoms with Crippen molar-refractivity contribution in [1.29, 1.82) is 0 Å². The van der Waals surface area contributed by atoms with Gasteiger partial charge >= 0.3 is 0 Å². The Morgan fingerprint density at radius 3 is 2.53 bits per heavy atom. The number of hydrogen-bond acceptors (Lipinski definition) is 1. The lowest BCUT2D eigenvalue weighted by Crippen LogP contribution is -2.09. The Morgan fingerprint density at radius 1 is 1.33 bits per heavy atom. The van der Waals surface area contributed by atoms with Crippen LogP contribution in [0.15, 0.2) is 61.2 Å². The van der Waals surface area contributed by atoms with Gasteiger partial charge in [-0.1, -0.05) is 55.6 Å². The number of rotatable bonds is 5. The van der Waals surface area contributed by atoms with E-state index in [1.165, 1.54) is 0 Å². The highest BCUT2D eigenvalue weighted by atomic mass is 14.8. The van der Waals surface area contributed by atoms with Gasteiger partial charge in [-0.3, -0.25) is 0 Å². The van der Waals surface area contributed by atoms with Crippen molar-refractivity contribution < 1.29 is 0 Å². The standard InChI is InChI=1S/C14H17N/c1-4-13(11-15-3)10-12(2)14-8-6-5-7-9-14/h4-10,15H,1-2,11H2,3H3/b13-10+. The molecule has 0 aliphatic rings. The highest BCUT2D eigenvalue weighted by Gasteiger charge is 1.95. The molecule has 0 radical (unpaired) electrons. The SMILES string of the molecule is C=C/C(=C\C(=C)c1ccccc1)CNC. The molecule has 0 spiro atoms. The van der Waals surface area contributed by atoms with Crippen LogP contribution in [-0.4, -0.2) is 13.6 Å². The van der Waals surface area contributed by atoms with Crippen molar-refractivity contribution in [2.24, 2.45) is 0 Å². The van der Waals surface area contributed by atoms with Crippen LogP contribution in [0.3, 0.4) is 0 Å². The molecule has 1 rings (SSSR count). The fraction of sp³-hybridized carbons (Fsp3) is 0.143. The predicted molar refractivity (Wildman–Crippen MR) is 67.7 cm³/mol. The summed E-state index contributed by atoms with van der Waals surface area (Å²) in [6.45, 7) is 8.63. The number of nitrogens with one attached hydrogen (secondary N) is 1. The summed E-state index contributed by atoms with van der Waals surface area (Å²) in [7, 11) is 1.92. The molecule has 15 heavy (non-hydrogen) atoms. The van der Waals surface area contributed by atoms with Crippen LogP contribution < -0.4 is 5.32 Å². The Balaban J connectivity index is 2.81. The van der Waals surface area contributed by atoms with E-state index >= 15 is 0 Å². The highest BCUT2D eigenvalue weighted by molar-refractivity contribution is 5.73. The van der Waals surface area contributed by atoms with Gasteiger partial charge in [0.1, 0.15) is 0 Å². The molecule has 0 saturated carbocycles. The molecule has 0 atom stereocenters. The van der Waals surface area contributed by atoms with Gasteiger partial charge < -0.3 is 5.32 Å². The molecule has 1 nitrogen and oxygen atoms in total. The molecule has 78 valence electrons. The number of allylic oxidation sites excluding steroid dienone is 2. The first-order chi connectivity index (χ1) is 7.27. The molecule has 0 unspecified atom stereocenters. The maximum Gasteiger partial charge on any atom is 0.0202 e. The van der Waals surface area contributed by atoms with Crippen molar-refractivity contribution in [1.82, 2.24) is 5.32 Å². The third kappa shape index (κ3) is 3.56. The van der Waals surface area contributed by atoms with Gasteiger partial charge in [0.15, 0.2) is 0 Å². The Hall–Kier alpha value is -1.60. The van der Waals surface area contributed by atoms with Gasteiger partial charge in [0.25, 0.3) is 0 Å². The van der Waals surface area contributed by atoms with Crippen LogP contribution in [0.2, 0.25) is 0 Å². The van der Waals surface area contributed by atoms with E-state index < -0.39 is 0 Å². The molecule has 0 aliphatic heterocycles. The molecular formula is C14H17N. The first-order valence-electron chi connectivity index (χ1n) is 5.00. The van der Waals surface area contributed by atoms with Gasteiger partial charge in [0.2, 0.25) is 0 Å². The van der Waals surface area contributed by atoms with Gasteiger partial charge in [-0.2, -0.15) is 0 Å². The van der Waals surface area contributed by atoms with Crippen LogP contribution in [0.4, 0.5) is 0 Å². The summed E-state index contributed by atoms with van der Waals surface area (Å²) in [4.78, 5) is 0. The Bertz CT molecular complexity index is 360. The molecule has 0 heterocycles. The minimum absolute atomic E-state index is 0.815. The van der Waals surface area contributed by atoms with Gasteiger partial charge in [-0.05, 0) is 23.8 Å². The van der Waals surface area contributed by atoms with E-state index in [9.17, 15) is 0 Å². The fourth-order valence-electron chi connectivity index (χ4n) is 1.35. The molecule has 1 N–H and O–H groups in total. The Kier molecular flexibility index (Phi) is 4.58. The average molecular weight is 199 g/mol. The topological polar surface area (TPSA) is 12.0 Å². The molecule has 1 aromatic carbocycles. The summed E-state index contributed by atoms with van der Waals surface area (Å²) in [5.74, 6) is 0. The zero-order chi connectivity index (χ0) is 11.1. The summed E-state index contributed by atoms with van der Waals surface area (Å²) in [6, 6.07) is 10.1. The van der Waals surface area contributed by atoms with E-state index in [0.29, 0.717) is 0 Å². The smallest absolute Gasteiger partial charge is 0.0202 e. The van der Waals surface area contributed by atoms with Crippen molar-refractivity contribution in [3.63, 3.8) is 0 Å². The summed E-state index contributed by atoms with van der Waals surface area (Å²) in [5.41, 5.74) is 3.31. The van der Waals surface area contributed by atoms with Crippen molar-refractivity contribution in [2.75, 3.05) is 13.6 Å². The highest BCUT2D eigenvalue weighted by Crippen LogP contribution is 2.14. The predicted octanol–water partition coefficient (Wildman–Crippen LogP) is 3.03. The molecule has 0 amide bonds. The summed E-state index contributed by atoms with van der Waals surface area (Å²) >= 11 is 0. The lowest BCUT2D eigenvalue weighted by molar-refractivity contribution is 0.896. The average Bonchev–Trinajstić information content (AvgIpc) is 2.29. The molecule has 0 aliphatic carbocycles. The van der Waals surface area contributed by atoms with E-state index in [1.54, 1.807) is 0 Å². The fourth-order valence-corrected chi connectivity index (χ4v) is 1.35. The molecule has 1 aromatic rings. The monoisotopic (exact) mass is 199 g/mol.